The van der Waals surface area contributed by atoms with E-state index in [9.17, 15) is 24.9 Å². The molecule has 5 atom stereocenters. The van der Waals surface area contributed by atoms with Crippen molar-refractivity contribution in [2.45, 2.75) is 37.3 Å². The van der Waals surface area contributed by atoms with Gasteiger partial charge in [-0.3, -0.25) is 10.2 Å². The van der Waals surface area contributed by atoms with Crippen LogP contribution >= 0.6 is 22.6 Å². The van der Waals surface area contributed by atoms with E-state index in [0.717, 1.165) is 10.5 Å². The topological polar surface area (TPSA) is 199 Å². The van der Waals surface area contributed by atoms with Crippen LogP contribution in [0.25, 0.3) is 0 Å². The third kappa shape index (κ3) is 8.69. The second-order valence-electron chi connectivity index (χ2n) is 6.29. The lowest BCUT2D eigenvalue weighted by Crippen LogP contribution is -2.64. The Morgan fingerprint density at radius 2 is 2.07 bits per heavy atom. The summed E-state index contributed by atoms with van der Waals surface area (Å²) in [5.74, 6) is -2.84. The molecule has 0 spiro atoms. The Morgan fingerprint density at radius 3 is 2.62 bits per heavy atom. The Bertz CT molecular complexity index is 606. The summed E-state index contributed by atoms with van der Waals surface area (Å²) in [4.78, 5) is 23.0. The SMILES string of the molecule is CC(=O)N[C@H]1[C@H]([C@H](O)[C@H](O)CNCCOCCI)OC(C(=O)O)=C[C@@H]1NC(=N)N. The minimum absolute atomic E-state index is 0.0155. The number of hydrogen-bond donors (Lipinski definition) is 8. The van der Waals surface area contributed by atoms with Crippen molar-refractivity contribution in [1.29, 1.82) is 5.41 Å². The van der Waals surface area contributed by atoms with Gasteiger partial charge in [0.15, 0.2) is 5.96 Å². The largest absolute Gasteiger partial charge is 0.478 e. The van der Waals surface area contributed by atoms with Crippen molar-refractivity contribution in [3.05, 3.63) is 11.8 Å². The fraction of sp³-hybridized carbons (Fsp3) is 0.688. The summed E-state index contributed by atoms with van der Waals surface area (Å²) >= 11 is 2.18. The van der Waals surface area contributed by atoms with Gasteiger partial charge in [-0.05, 0) is 6.08 Å². The fourth-order valence-corrected chi connectivity index (χ4v) is 3.05. The quantitative estimate of drug-likeness (QED) is 0.0439. The number of aliphatic hydroxyl groups is 2. The number of rotatable bonds is 12. The van der Waals surface area contributed by atoms with Gasteiger partial charge in [0.25, 0.3) is 0 Å². The number of carbonyl (C=O) groups is 2. The first-order valence-corrected chi connectivity index (χ1v) is 10.4. The number of nitrogens with two attached hydrogens (primary N) is 1. The molecule has 29 heavy (non-hydrogen) atoms. The molecule has 0 aromatic carbocycles. The van der Waals surface area contributed by atoms with Crippen LogP contribution in [0, 0.1) is 5.41 Å². The third-order valence-electron chi connectivity index (χ3n) is 3.97. The van der Waals surface area contributed by atoms with E-state index in [-0.39, 0.29) is 6.54 Å². The predicted octanol–water partition coefficient (Wildman–Crippen LogP) is -2.53. The Labute approximate surface area is 181 Å². The molecule has 0 aromatic heterocycles. The Morgan fingerprint density at radius 1 is 1.38 bits per heavy atom. The lowest BCUT2D eigenvalue weighted by molar-refractivity contribution is -0.144. The normalized spacial score (nSPS) is 23.3. The second-order valence-corrected chi connectivity index (χ2v) is 7.37. The van der Waals surface area contributed by atoms with Gasteiger partial charge in [0.2, 0.25) is 11.7 Å². The van der Waals surface area contributed by atoms with E-state index >= 15 is 0 Å². The Balaban J connectivity index is 2.88. The number of guanidine groups is 1. The molecule has 1 amide bonds. The van der Waals surface area contributed by atoms with Gasteiger partial charge >= 0.3 is 5.97 Å². The molecule has 13 heteroatoms. The molecule has 166 valence electrons. The number of aliphatic carboxylic acids is 1. The maximum atomic E-state index is 11.6. The summed E-state index contributed by atoms with van der Waals surface area (Å²) in [5, 5.41) is 45.6. The molecule has 1 rings (SSSR count). The highest BCUT2D eigenvalue weighted by molar-refractivity contribution is 14.1. The molecule has 0 aromatic rings. The van der Waals surface area contributed by atoms with E-state index in [4.69, 9.17) is 20.6 Å². The average Bonchev–Trinajstić information content (AvgIpc) is 2.64. The van der Waals surface area contributed by atoms with Crippen LogP contribution < -0.4 is 21.7 Å². The lowest BCUT2D eigenvalue weighted by atomic mass is 9.91. The van der Waals surface area contributed by atoms with Crippen LogP contribution in [0.4, 0.5) is 0 Å². The van der Waals surface area contributed by atoms with E-state index < -0.39 is 54.0 Å². The molecule has 1 heterocycles. The van der Waals surface area contributed by atoms with Crippen LogP contribution in [0.15, 0.2) is 11.8 Å². The summed E-state index contributed by atoms with van der Waals surface area (Å²) in [6.07, 6.45) is -3.04. The van der Waals surface area contributed by atoms with Crippen LogP contribution in [0.5, 0.6) is 0 Å². The first kappa shape index (κ1) is 25.4. The highest BCUT2D eigenvalue weighted by Gasteiger charge is 2.43. The zero-order valence-corrected chi connectivity index (χ0v) is 18.1. The van der Waals surface area contributed by atoms with Crippen molar-refractivity contribution in [1.82, 2.24) is 16.0 Å². The van der Waals surface area contributed by atoms with Gasteiger partial charge < -0.3 is 46.5 Å². The van der Waals surface area contributed by atoms with E-state index in [1.54, 1.807) is 0 Å². The first-order chi connectivity index (χ1) is 13.7. The van der Waals surface area contributed by atoms with Gasteiger partial charge in [-0.2, -0.15) is 0 Å². The summed E-state index contributed by atoms with van der Waals surface area (Å²) in [7, 11) is 0. The monoisotopic (exact) mass is 529 g/mol. The summed E-state index contributed by atoms with van der Waals surface area (Å²) in [5.41, 5.74) is 5.34. The number of carbonyl (C=O) groups excluding carboxylic acids is 1. The number of carboxylic acids is 1. The molecule has 1 aliphatic rings. The number of hydrogen-bond acceptors (Lipinski definition) is 8. The molecular formula is C16H28IN5O7. The third-order valence-corrected chi connectivity index (χ3v) is 4.41. The maximum absolute atomic E-state index is 11.6. The molecule has 1 aliphatic heterocycles. The van der Waals surface area contributed by atoms with Gasteiger partial charge in [-0.15, -0.1) is 0 Å². The van der Waals surface area contributed by atoms with E-state index in [0.29, 0.717) is 19.8 Å². The van der Waals surface area contributed by atoms with Crippen molar-refractivity contribution >= 4 is 40.4 Å². The van der Waals surface area contributed by atoms with Gasteiger partial charge in [0.1, 0.15) is 12.2 Å². The van der Waals surface area contributed by atoms with Crippen molar-refractivity contribution in [3.8, 4) is 0 Å². The molecule has 0 unspecified atom stereocenters. The van der Waals surface area contributed by atoms with Gasteiger partial charge in [0.05, 0.1) is 31.4 Å². The molecule has 0 radical (unpaired) electrons. The zero-order chi connectivity index (χ0) is 22.0. The molecule has 0 aliphatic carbocycles. The minimum atomic E-state index is -1.55. The van der Waals surface area contributed by atoms with Crippen LogP contribution in [0.3, 0.4) is 0 Å². The van der Waals surface area contributed by atoms with Crippen LogP contribution in [-0.4, -0.2) is 94.3 Å². The summed E-state index contributed by atoms with van der Waals surface area (Å²) in [6, 6.07) is -1.94. The van der Waals surface area contributed by atoms with Crippen LogP contribution in [-0.2, 0) is 19.1 Å². The number of alkyl halides is 1. The highest BCUT2D eigenvalue weighted by Crippen LogP contribution is 2.23. The average molecular weight is 529 g/mol. The summed E-state index contributed by atoms with van der Waals surface area (Å²) in [6.45, 7) is 2.69. The number of nitrogens with one attached hydrogen (secondary N) is 4. The molecule has 0 saturated heterocycles. The molecule has 0 fully saturated rings. The van der Waals surface area contributed by atoms with E-state index in [1.807, 2.05) is 0 Å². The molecule has 12 nitrogen and oxygen atoms in total. The molecule has 9 N–H and O–H groups in total. The van der Waals surface area contributed by atoms with Crippen molar-refractivity contribution < 1.29 is 34.4 Å². The van der Waals surface area contributed by atoms with Gasteiger partial charge in [0, 0.05) is 24.4 Å². The van der Waals surface area contributed by atoms with E-state index in [2.05, 4.69) is 38.5 Å². The number of carboxylic acid groups (broad SMARTS) is 1. The number of aliphatic hydroxyl groups excluding tert-OH is 2. The van der Waals surface area contributed by atoms with Crippen molar-refractivity contribution in [2.75, 3.05) is 30.7 Å². The lowest BCUT2D eigenvalue weighted by Gasteiger charge is -2.40. The summed E-state index contributed by atoms with van der Waals surface area (Å²) < 4.78 is 11.5. The van der Waals surface area contributed by atoms with E-state index in [1.165, 1.54) is 6.92 Å². The zero-order valence-electron chi connectivity index (χ0n) is 15.9. The first-order valence-electron chi connectivity index (χ1n) is 8.87. The second kappa shape index (κ2) is 12.8. The smallest absolute Gasteiger partial charge is 0.370 e. The minimum Gasteiger partial charge on any atom is -0.478 e. The maximum Gasteiger partial charge on any atom is 0.370 e. The van der Waals surface area contributed by atoms with Crippen molar-refractivity contribution in [2.24, 2.45) is 5.73 Å². The van der Waals surface area contributed by atoms with Crippen molar-refractivity contribution in [3.63, 3.8) is 0 Å². The van der Waals surface area contributed by atoms with Gasteiger partial charge in [-0.1, -0.05) is 22.6 Å². The molecule has 0 bridgehead atoms. The Kier molecular flexibility index (Phi) is 11.2. The Hall–Kier alpha value is -1.68. The highest BCUT2D eigenvalue weighted by atomic mass is 127. The molecule has 0 saturated carbocycles. The predicted molar refractivity (Wildman–Crippen MR) is 112 cm³/mol. The van der Waals surface area contributed by atoms with Crippen LogP contribution in [0.2, 0.25) is 0 Å². The number of halogens is 1. The van der Waals surface area contributed by atoms with Crippen LogP contribution in [0.1, 0.15) is 6.92 Å². The number of ether oxygens (including phenoxy) is 2. The molecular weight excluding hydrogens is 501 g/mol. The fourth-order valence-electron chi connectivity index (χ4n) is 2.74. The van der Waals surface area contributed by atoms with Gasteiger partial charge in [-0.25, -0.2) is 4.79 Å². The standard InChI is InChI=1S/C16H28IN5O7/c1-8(23)21-12-9(22-16(18)19)6-11(15(26)27)29-14(12)13(25)10(24)7-20-3-5-28-4-2-17/h6,9-10,12-14,20,24-25H,2-5,7H2,1H3,(H,21,23)(H,26,27)(H4,18,19,22)/t9-,10+,12+,13+,14+/m0/s1. The number of amides is 1.